The van der Waals surface area contributed by atoms with Crippen LogP contribution >= 0.6 is 0 Å². The highest BCUT2D eigenvalue weighted by Gasteiger charge is 2.38. The number of aliphatic hydroxyl groups is 4. The molecule has 268 valence electrons. The number of unbranched alkanes of at least 4 members (excludes halogenated alkanes) is 30. The first-order valence-electron chi connectivity index (χ1n) is 20.1. The minimum atomic E-state index is -1.48. The van der Waals surface area contributed by atoms with Crippen LogP contribution in [0.25, 0.3) is 0 Å². The fourth-order valence-electron chi connectivity index (χ4n) is 6.40. The van der Waals surface area contributed by atoms with Crippen molar-refractivity contribution >= 4 is 0 Å². The van der Waals surface area contributed by atoms with E-state index >= 15 is 0 Å². The molecule has 0 saturated heterocycles. The van der Waals surface area contributed by atoms with Gasteiger partial charge in [-0.05, 0) is 37.8 Å². The monoisotopic (exact) mass is 637 g/mol. The molecule has 0 aromatic heterocycles. The highest BCUT2D eigenvalue weighted by Crippen LogP contribution is 2.33. The van der Waals surface area contributed by atoms with Gasteiger partial charge in [0.1, 0.15) is 16.9 Å². The van der Waals surface area contributed by atoms with E-state index in [0.29, 0.717) is 12.8 Å². The molecule has 0 rings (SSSR count). The molecule has 4 heteroatoms. The van der Waals surface area contributed by atoms with Crippen LogP contribution < -0.4 is 0 Å². The maximum atomic E-state index is 10.7. The standard InChI is InChI=1S/C41H80O4/c1-3-5-7-9-11-13-15-17-19-21-23-25-27-29-31-33-35-39(44)41(37-42,38-43)40(45)36-34-32-30-28-26-24-22-20-18-16-14-12-10-8-6-4-2/h35-36,42-45H,3-34,37-38H2,1-2H3. The zero-order chi connectivity index (χ0) is 33.1. The molecule has 0 radical (unpaired) electrons. The Morgan fingerprint density at radius 2 is 0.556 bits per heavy atom. The van der Waals surface area contributed by atoms with Crippen LogP contribution in [0.4, 0.5) is 0 Å². The summed E-state index contributed by atoms with van der Waals surface area (Å²) in [5, 5.41) is 41.5. The third-order valence-electron chi connectivity index (χ3n) is 9.81. The van der Waals surface area contributed by atoms with Gasteiger partial charge in [0.2, 0.25) is 0 Å². The Kier molecular flexibility index (Phi) is 33.6. The summed E-state index contributed by atoms with van der Waals surface area (Å²) in [5.41, 5.74) is -1.48. The smallest absolute Gasteiger partial charge is 0.129 e. The molecular weight excluding hydrogens is 556 g/mol. The van der Waals surface area contributed by atoms with Crippen molar-refractivity contribution in [3.05, 3.63) is 23.7 Å². The van der Waals surface area contributed by atoms with Gasteiger partial charge in [0.05, 0.1) is 13.2 Å². The first-order valence-corrected chi connectivity index (χ1v) is 20.1. The van der Waals surface area contributed by atoms with Crippen molar-refractivity contribution in [1.29, 1.82) is 0 Å². The van der Waals surface area contributed by atoms with E-state index in [-0.39, 0.29) is 11.5 Å². The summed E-state index contributed by atoms with van der Waals surface area (Å²) in [6, 6.07) is 0. The highest BCUT2D eigenvalue weighted by molar-refractivity contribution is 5.21. The van der Waals surface area contributed by atoms with E-state index in [9.17, 15) is 20.4 Å². The second-order valence-corrected chi connectivity index (χ2v) is 14.1. The van der Waals surface area contributed by atoms with Crippen LogP contribution in [0.5, 0.6) is 0 Å². The molecule has 0 spiro atoms. The number of hydrogen-bond acceptors (Lipinski definition) is 4. The van der Waals surface area contributed by atoms with Crippen molar-refractivity contribution in [2.45, 2.75) is 219 Å². The van der Waals surface area contributed by atoms with Crippen LogP contribution in [0.1, 0.15) is 219 Å². The van der Waals surface area contributed by atoms with E-state index in [2.05, 4.69) is 13.8 Å². The summed E-state index contributed by atoms with van der Waals surface area (Å²) in [7, 11) is 0. The van der Waals surface area contributed by atoms with E-state index in [1.54, 1.807) is 12.2 Å². The Balaban J connectivity index is 3.92. The Labute approximate surface area is 281 Å². The van der Waals surface area contributed by atoms with E-state index in [1.165, 1.54) is 167 Å². The molecule has 0 aliphatic carbocycles. The maximum Gasteiger partial charge on any atom is 0.129 e. The van der Waals surface area contributed by atoms with Gasteiger partial charge < -0.3 is 20.4 Å². The molecule has 0 saturated carbocycles. The summed E-state index contributed by atoms with van der Waals surface area (Å²) >= 11 is 0. The van der Waals surface area contributed by atoms with Gasteiger partial charge in [-0.25, -0.2) is 0 Å². The summed E-state index contributed by atoms with van der Waals surface area (Å²) in [6.07, 6.45) is 44.3. The fourth-order valence-corrected chi connectivity index (χ4v) is 6.40. The Hall–Kier alpha value is -1.00. The summed E-state index contributed by atoms with van der Waals surface area (Å²) < 4.78 is 0. The average molecular weight is 637 g/mol. The lowest BCUT2D eigenvalue weighted by Crippen LogP contribution is -2.34. The van der Waals surface area contributed by atoms with Gasteiger partial charge in [-0.3, -0.25) is 0 Å². The van der Waals surface area contributed by atoms with Gasteiger partial charge >= 0.3 is 0 Å². The number of allylic oxidation sites excluding steroid dienone is 2. The van der Waals surface area contributed by atoms with Gasteiger partial charge in [-0.2, -0.15) is 0 Å². The lowest BCUT2D eigenvalue weighted by Gasteiger charge is -2.28. The largest absolute Gasteiger partial charge is 0.511 e. The third-order valence-corrected chi connectivity index (χ3v) is 9.81. The molecule has 0 atom stereocenters. The second kappa shape index (κ2) is 34.3. The minimum Gasteiger partial charge on any atom is -0.511 e. The van der Waals surface area contributed by atoms with Crippen molar-refractivity contribution in [2.24, 2.45) is 5.41 Å². The molecule has 0 unspecified atom stereocenters. The number of rotatable bonds is 36. The van der Waals surface area contributed by atoms with Crippen LogP contribution in [0.3, 0.4) is 0 Å². The second-order valence-electron chi connectivity index (χ2n) is 14.1. The SMILES string of the molecule is CCCCCCCCCCCCCCCCCC=C(O)C(CO)(CO)C(O)=CCCCCCCCCCCCCCCCCC. The molecule has 0 aliphatic rings. The summed E-state index contributed by atoms with van der Waals surface area (Å²) in [4.78, 5) is 0. The van der Waals surface area contributed by atoms with Gasteiger partial charge in [0.25, 0.3) is 0 Å². The molecule has 0 aromatic rings. The molecule has 4 N–H and O–H groups in total. The molecule has 0 bridgehead atoms. The molecule has 0 heterocycles. The predicted molar refractivity (Wildman–Crippen MR) is 197 cm³/mol. The summed E-state index contributed by atoms with van der Waals surface area (Å²) in [6.45, 7) is 3.53. The third kappa shape index (κ3) is 25.7. The molecule has 0 aromatic carbocycles. The Morgan fingerprint density at radius 3 is 0.756 bits per heavy atom. The topological polar surface area (TPSA) is 80.9 Å². The van der Waals surface area contributed by atoms with Gasteiger partial charge in [-0.1, -0.05) is 194 Å². The van der Waals surface area contributed by atoms with Gasteiger partial charge in [0.15, 0.2) is 0 Å². The minimum absolute atomic E-state index is 0.108. The van der Waals surface area contributed by atoms with Crippen molar-refractivity contribution in [2.75, 3.05) is 13.2 Å². The first-order chi connectivity index (χ1) is 22.1. The molecule has 0 aliphatic heterocycles. The van der Waals surface area contributed by atoms with Gasteiger partial charge in [-0.15, -0.1) is 0 Å². The molecule has 0 fully saturated rings. The zero-order valence-electron chi connectivity index (χ0n) is 30.5. The van der Waals surface area contributed by atoms with E-state index in [1.807, 2.05) is 0 Å². The lowest BCUT2D eigenvalue weighted by molar-refractivity contribution is 0.0446. The normalized spacial score (nSPS) is 12.8. The molecular formula is C41H80O4. The van der Waals surface area contributed by atoms with Crippen LogP contribution in [0, 0.1) is 5.41 Å². The Morgan fingerprint density at radius 1 is 0.356 bits per heavy atom. The molecule has 0 amide bonds. The van der Waals surface area contributed by atoms with E-state index in [4.69, 9.17) is 0 Å². The number of hydrogen-bond donors (Lipinski definition) is 4. The van der Waals surface area contributed by atoms with Crippen molar-refractivity contribution in [3.63, 3.8) is 0 Å². The molecule has 4 nitrogen and oxygen atoms in total. The van der Waals surface area contributed by atoms with Crippen molar-refractivity contribution < 1.29 is 20.4 Å². The average Bonchev–Trinajstić information content (AvgIpc) is 3.05. The highest BCUT2D eigenvalue weighted by atomic mass is 16.3. The fraction of sp³-hybridized carbons (Fsp3) is 0.902. The van der Waals surface area contributed by atoms with Crippen molar-refractivity contribution in [3.8, 4) is 0 Å². The lowest BCUT2D eigenvalue weighted by atomic mass is 9.83. The zero-order valence-corrected chi connectivity index (χ0v) is 30.5. The number of aliphatic hydroxyl groups excluding tert-OH is 4. The van der Waals surface area contributed by atoms with E-state index in [0.717, 1.165) is 25.7 Å². The van der Waals surface area contributed by atoms with Crippen molar-refractivity contribution in [1.82, 2.24) is 0 Å². The van der Waals surface area contributed by atoms with Crippen LogP contribution in [-0.2, 0) is 0 Å². The maximum absolute atomic E-state index is 10.7. The van der Waals surface area contributed by atoms with E-state index < -0.39 is 18.6 Å². The summed E-state index contributed by atoms with van der Waals surface area (Å²) in [5.74, 6) is -0.216. The van der Waals surface area contributed by atoms with Crippen LogP contribution in [-0.4, -0.2) is 33.6 Å². The Bertz CT molecular complexity index is 600. The van der Waals surface area contributed by atoms with Crippen LogP contribution in [0.15, 0.2) is 23.7 Å². The quantitative estimate of drug-likeness (QED) is 0.0407. The molecule has 45 heavy (non-hydrogen) atoms. The first kappa shape index (κ1) is 44.0. The predicted octanol–water partition coefficient (Wildman–Crippen LogP) is 13.4. The van der Waals surface area contributed by atoms with Crippen LogP contribution in [0.2, 0.25) is 0 Å². The van der Waals surface area contributed by atoms with Gasteiger partial charge in [0, 0.05) is 0 Å².